The van der Waals surface area contributed by atoms with Gasteiger partial charge in [-0.2, -0.15) is 5.26 Å². The van der Waals surface area contributed by atoms with Gasteiger partial charge in [-0.25, -0.2) is 4.79 Å². The number of nitrogens with two attached hydrogens (primary N) is 1. The van der Waals surface area contributed by atoms with Gasteiger partial charge in [-0.3, -0.25) is 0 Å². The fourth-order valence-corrected chi connectivity index (χ4v) is 2.84. The summed E-state index contributed by atoms with van der Waals surface area (Å²) in [5.41, 5.74) is 6.38. The van der Waals surface area contributed by atoms with E-state index in [0.29, 0.717) is 29.6 Å². The minimum Gasteiger partial charge on any atom is -0.462 e. The van der Waals surface area contributed by atoms with Crippen LogP contribution in [0.5, 0.6) is 0 Å². The van der Waals surface area contributed by atoms with Gasteiger partial charge in [-0.05, 0) is 13.8 Å². The largest absolute Gasteiger partial charge is 0.462 e. The minimum absolute atomic E-state index is 0.196. The van der Waals surface area contributed by atoms with E-state index in [2.05, 4.69) is 0 Å². The highest BCUT2D eigenvalue weighted by Crippen LogP contribution is 2.38. The summed E-state index contributed by atoms with van der Waals surface area (Å²) in [6.45, 7) is 5.78. The SMILES string of the molecule is CCOC(=O)c1c(N(CC)CCOC)sc(C#N)c1N. The number of esters is 1. The monoisotopic (exact) mass is 297 g/mol. The second kappa shape index (κ2) is 7.72. The number of likely N-dealkylation sites (N-methyl/N-ethyl adjacent to an activating group) is 1. The molecule has 0 aliphatic heterocycles. The number of thiophene rings is 1. The van der Waals surface area contributed by atoms with Crippen LogP contribution in [0.25, 0.3) is 0 Å². The molecular weight excluding hydrogens is 278 g/mol. The van der Waals surface area contributed by atoms with E-state index < -0.39 is 5.97 Å². The third-order valence-corrected chi connectivity index (χ3v) is 3.91. The molecule has 0 aromatic carbocycles. The van der Waals surface area contributed by atoms with Crippen molar-refractivity contribution in [2.24, 2.45) is 0 Å². The van der Waals surface area contributed by atoms with Crippen LogP contribution in [-0.4, -0.2) is 39.4 Å². The lowest BCUT2D eigenvalue weighted by molar-refractivity contribution is 0.0528. The van der Waals surface area contributed by atoms with Crippen molar-refractivity contribution < 1.29 is 14.3 Å². The second-order valence-electron chi connectivity index (χ2n) is 3.93. The fourth-order valence-electron chi connectivity index (χ4n) is 1.74. The van der Waals surface area contributed by atoms with Crippen LogP contribution >= 0.6 is 11.3 Å². The summed E-state index contributed by atoms with van der Waals surface area (Å²) in [4.78, 5) is 14.3. The molecule has 0 saturated heterocycles. The Hall–Kier alpha value is -1.78. The lowest BCUT2D eigenvalue weighted by Crippen LogP contribution is -2.27. The molecule has 0 aliphatic rings. The summed E-state index contributed by atoms with van der Waals surface area (Å²) < 4.78 is 10.1. The summed E-state index contributed by atoms with van der Waals surface area (Å²) in [5.74, 6) is -0.492. The van der Waals surface area contributed by atoms with Crippen molar-refractivity contribution in [2.45, 2.75) is 13.8 Å². The zero-order valence-corrected chi connectivity index (χ0v) is 12.7. The van der Waals surface area contributed by atoms with Crippen LogP contribution in [0.4, 0.5) is 10.7 Å². The maximum absolute atomic E-state index is 12.0. The number of anilines is 2. The standard InChI is InChI=1S/C13H19N3O3S/c1-4-16(6-7-18-3)12-10(13(17)19-5-2)11(15)9(8-14)20-12/h4-7,15H2,1-3H3. The Morgan fingerprint density at radius 2 is 2.20 bits per heavy atom. The van der Waals surface area contributed by atoms with Crippen molar-refractivity contribution in [2.75, 3.05) is 44.0 Å². The zero-order valence-electron chi connectivity index (χ0n) is 11.9. The highest BCUT2D eigenvalue weighted by atomic mass is 32.1. The molecule has 7 heteroatoms. The molecule has 0 radical (unpaired) electrons. The first-order valence-corrected chi connectivity index (χ1v) is 7.15. The minimum atomic E-state index is -0.492. The van der Waals surface area contributed by atoms with Crippen LogP contribution in [-0.2, 0) is 9.47 Å². The molecule has 0 spiro atoms. The molecule has 0 unspecified atom stereocenters. The van der Waals surface area contributed by atoms with Gasteiger partial charge < -0.3 is 20.1 Å². The van der Waals surface area contributed by atoms with Gasteiger partial charge in [0.1, 0.15) is 21.5 Å². The predicted octanol–water partition coefficient (Wildman–Crippen LogP) is 1.85. The van der Waals surface area contributed by atoms with Crippen LogP contribution in [0, 0.1) is 11.3 Å². The molecule has 110 valence electrons. The van der Waals surface area contributed by atoms with E-state index in [0.717, 1.165) is 0 Å². The van der Waals surface area contributed by atoms with E-state index in [-0.39, 0.29) is 17.9 Å². The summed E-state index contributed by atoms with van der Waals surface area (Å²) in [7, 11) is 1.61. The van der Waals surface area contributed by atoms with Crippen molar-refractivity contribution in [3.63, 3.8) is 0 Å². The van der Waals surface area contributed by atoms with Gasteiger partial charge in [-0.1, -0.05) is 0 Å². The number of ether oxygens (including phenoxy) is 2. The van der Waals surface area contributed by atoms with Crippen LogP contribution in [0.15, 0.2) is 0 Å². The lowest BCUT2D eigenvalue weighted by atomic mass is 10.2. The molecule has 0 atom stereocenters. The molecule has 1 heterocycles. The number of carbonyl (C=O) groups excluding carboxylic acids is 1. The van der Waals surface area contributed by atoms with Crippen molar-refractivity contribution in [1.82, 2.24) is 0 Å². The lowest BCUT2D eigenvalue weighted by Gasteiger charge is -2.22. The number of hydrogen-bond acceptors (Lipinski definition) is 7. The zero-order chi connectivity index (χ0) is 15.1. The summed E-state index contributed by atoms with van der Waals surface area (Å²) >= 11 is 1.21. The van der Waals surface area contributed by atoms with Crippen molar-refractivity contribution in [3.8, 4) is 6.07 Å². The highest BCUT2D eigenvalue weighted by Gasteiger charge is 2.26. The van der Waals surface area contributed by atoms with Crippen LogP contribution < -0.4 is 10.6 Å². The Morgan fingerprint density at radius 3 is 2.70 bits per heavy atom. The number of rotatable bonds is 7. The first-order chi connectivity index (χ1) is 9.60. The Kier molecular flexibility index (Phi) is 6.28. The maximum Gasteiger partial charge on any atom is 0.343 e. The molecule has 0 fully saturated rings. The molecule has 2 N–H and O–H groups in total. The number of nitriles is 1. The number of hydrogen-bond donors (Lipinski definition) is 1. The average Bonchev–Trinajstić information content (AvgIpc) is 2.77. The van der Waals surface area contributed by atoms with Gasteiger partial charge in [0.05, 0.1) is 18.9 Å². The van der Waals surface area contributed by atoms with Gasteiger partial charge in [-0.15, -0.1) is 11.3 Å². The number of carbonyl (C=O) groups is 1. The van der Waals surface area contributed by atoms with E-state index in [1.165, 1.54) is 11.3 Å². The van der Waals surface area contributed by atoms with E-state index in [1.807, 2.05) is 17.9 Å². The van der Waals surface area contributed by atoms with E-state index >= 15 is 0 Å². The van der Waals surface area contributed by atoms with E-state index in [9.17, 15) is 4.79 Å². The molecule has 1 rings (SSSR count). The smallest absolute Gasteiger partial charge is 0.343 e. The van der Waals surface area contributed by atoms with Gasteiger partial charge in [0.2, 0.25) is 0 Å². The summed E-state index contributed by atoms with van der Waals surface area (Å²) in [6, 6.07) is 2.02. The molecule has 0 amide bonds. The quantitative estimate of drug-likeness (QED) is 0.773. The van der Waals surface area contributed by atoms with E-state index in [4.69, 9.17) is 20.5 Å². The Bertz CT molecular complexity index is 508. The summed E-state index contributed by atoms with van der Waals surface area (Å²) in [5, 5.41) is 9.75. The Balaban J connectivity index is 3.22. The molecular formula is C13H19N3O3S. The molecule has 0 saturated carbocycles. The van der Waals surface area contributed by atoms with Crippen LogP contribution in [0.1, 0.15) is 29.1 Å². The van der Waals surface area contributed by atoms with Crippen molar-refractivity contribution >= 4 is 28.0 Å². The van der Waals surface area contributed by atoms with Crippen LogP contribution in [0.2, 0.25) is 0 Å². The van der Waals surface area contributed by atoms with Crippen LogP contribution in [0.3, 0.4) is 0 Å². The summed E-state index contributed by atoms with van der Waals surface area (Å²) in [6.07, 6.45) is 0. The first-order valence-electron chi connectivity index (χ1n) is 6.33. The number of nitrogen functional groups attached to an aromatic ring is 1. The van der Waals surface area contributed by atoms with Crippen molar-refractivity contribution in [1.29, 1.82) is 5.26 Å². The third-order valence-electron chi connectivity index (χ3n) is 2.74. The topological polar surface area (TPSA) is 88.6 Å². The van der Waals surface area contributed by atoms with Gasteiger partial charge in [0, 0.05) is 20.2 Å². The van der Waals surface area contributed by atoms with Gasteiger partial charge in [0.25, 0.3) is 0 Å². The Morgan fingerprint density at radius 1 is 1.50 bits per heavy atom. The Labute approximate surface area is 122 Å². The third kappa shape index (κ3) is 3.40. The highest BCUT2D eigenvalue weighted by molar-refractivity contribution is 7.17. The van der Waals surface area contributed by atoms with Gasteiger partial charge in [0.15, 0.2) is 0 Å². The number of nitrogens with zero attached hydrogens (tertiary/aromatic N) is 2. The number of methoxy groups -OCH3 is 1. The average molecular weight is 297 g/mol. The van der Waals surface area contributed by atoms with E-state index in [1.54, 1.807) is 14.0 Å². The molecule has 0 aliphatic carbocycles. The fraction of sp³-hybridized carbons (Fsp3) is 0.538. The normalized spacial score (nSPS) is 10.1. The molecule has 1 aromatic heterocycles. The molecule has 0 bridgehead atoms. The van der Waals surface area contributed by atoms with Gasteiger partial charge >= 0.3 is 5.97 Å². The molecule has 20 heavy (non-hydrogen) atoms. The molecule has 1 aromatic rings. The maximum atomic E-state index is 12.0. The first kappa shape index (κ1) is 16.3. The molecule has 6 nitrogen and oxygen atoms in total. The predicted molar refractivity (Wildman–Crippen MR) is 79.2 cm³/mol. The van der Waals surface area contributed by atoms with Crippen molar-refractivity contribution in [3.05, 3.63) is 10.4 Å². The second-order valence-corrected chi connectivity index (χ2v) is 4.93.